The number of pyridine rings is 1. The fourth-order valence-electron chi connectivity index (χ4n) is 4.90. The number of hydrogen-bond acceptors (Lipinski definition) is 9. The number of carbonyl (C=O) groups excluding carboxylic acids is 1. The lowest BCUT2D eigenvalue weighted by Crippen LogP contribution is -2.35. The quantitative estimate of drug-likeness (QED) is 0.199. The highest BCUT2D eigenvalue weighted by Crippen LogP contribution is 2.42. The van der Waals surface area contributed by atoms with Crippen molar-refractivity contribution < 1.29 is 9.53 Å². The summed E-state index contributed by atoms with van der Waals surface area (Å²) in [6.45, 7) is 1.09. The number of amides is 1. The van der Waals surface area contributed by atoms with Gasteiger partial charge in [0, 0.05) is 60.8 Å². The maximum absolute atomic E-state index is 11.4. The van der Waals surface area contributed by atoms with Crippen LogP contribution in [0.25, 0.3) is 33.4 Å². The van der Waals surface area contributed by atoms with E-state index in [0.717, 1.165) is 23.1 Å². The van der Waals surface area contributed by atoms with Crippen LogP contribution >= 0.6 is 23.2 Å². The number of nitrogens with one attached hydrogen (secondary N) is 3. The van der Waals surface area contributed by atoms with Gasteiger partial charge in [-0.05, 0) is 18.6 Å². The Labute approximate surface area is 251 Å². The molecule has 1 amide bonds. The number of hydrogen-bond donors (Lipinski definition) is 3. The number of nitrogens with zero attached hydrogens (tertiary/aromatic N) is 5. The summed E-state index contributed by atoms with van der Waals surface area (Å²) in [7, 11) is 1.56. The van der Waals surface area contributed by atoms with Gasteiger partial charge in [-0.2, -0.15) is 0 Å². The summed E-state index contributed by atoms with van der Waals surface area (Å²) in [6, 6.07) is 13.3. The van der Waals surface area contributed by atoms with E-state index in [0.29, 0.717) is 69.4 Å². The maximum atomic E-state index is 11.4. The van der Waals surface area contributed by atoms with Gasteiger partial charge in [0.05, 0.1) is 40.2 Å². The van der Waals surface area contributed by atoms with Gasteiger partial charge in [0.1, 0.15) is 11.2 Å². The van der Waals surface area contributed by atoms with Gasteiger partial charge in [0.15, 0.2) is 5.82 Å². The number of carbonyl (C=O) groups is 1. The van der Waals surface area contributed by atoms with Crippen molar-refractivity contribution in [3.63, 3.8) is 0 Å². The molecule has 0 saturated carbocycles. The molecule has 10 nitrogen and oxygen atoms in total. The first-order valence-corrected chi connectivity index (χ1v) is 14.1. The van der Waals surface area contributed by atoms with Crippen LogP contribution in [0.3, 0.4) is 0 Å². The zero-order valence-corrected chi connectivity index (χ0v) is 24.1. The molecular formula is C30H26Cl2N8O2. The molecule has 1 fully saturated rings. The molecule has 0 aliphatic carbocycles. The molecule has 1 aliphatic rings. The summed E-state index contributed by atoms with van der Waals surface area (Å²) in [5, 5.41) is 10.5. The molecule has 1 unspecified atom stereocenters. The van der Waals surface area contributed by atoms with Gasteiger partial charge < -0.3 is 20.7 Å². The lowest BCUT2D eigenvalue weighted by molar-refractivity contribution is -0.119. The van der Waals surface area contributed by atoms with Crippen molar-refractivity contribution in [2.75, 3.05) is 19.0 Å². The Morgan fingerprint density at radius 3 is 2.55 bits per heavy atom. The molecule has 4 heterocycles. The molecule has 42 heavy (non-hydrogen) atoms. The predicted molar refractivity (Wildman–Crippen MR) is 163 cm³/mol. The number of ether oxygens (including phenoxy) is 1. The van der Waals surface area contributed by atoms with Crippen LogP contribution in [0.5, 0.6) is 5.88 Å². The third-order valence-electron chi connectivity index (χ3n) is 6.98. The summed E-state index contributed by atoms with van der Waals surface area (Å²) >= 11 is 13.9. The second-order valence-electron chi connectivity index (χ2n) is 9.69. The minimum Gasteiger partial charge on any atom is -0.480 e. The Kier molecular flexibility index (Phi) is 8.09. The molecule has 5 aromatic rings. The Morgan fingerprint density at radius 2 is 1.74 bits per heavy atom. The smallest absolute Gasteiger partial charge is 0.237 e. The van der Waals surface area contributed by atoms with Crippen LogP contribution in [0.1, 0.15) is 18.5 Å². The van der Waals surface area contributed by atoms with Gasteiger partial charge in [0.2, 0.25) is 11.8 Å². The van der Waals surface area contributed by atoms with Gasteiger partial charge in [-0.25, -0.2) is 15.0 Å². The van der Waals surface area contributed by atoms with Crippen LogP contribution < -0.4 is 20.7 Å². The van der Waals surface area contributed by atoms with Gasteiger partial charge in [-0.15, -0.1) is 0 Å². The Morgan fingerprint density at radius 1 is 0.952 bits per heavy atom. The maximum Gasteiger partial charge on any atom is 0.237 e. The van der Waals surface area contributed by atoms with Crippen molar-refractivity contribution >= 4 is 51.6 Å². The van der Waals surface area contributed by atoms with Crippen LogP contribution in [0.2, 0.25) is 10.0 Å². The molecule has 0 radical (unpaired) electrons. The summed E-state index contributed by atoms with van der Waals surface area (Å²) in [4.78, 5) is 33.9. The van der Waals surface area contributed by atoms with Gasteiger partial charge in [-0.1, -0.05) is 53.5 Å². The highest BCUT2D eigenvalue weighted by Gasteiger charge is 2.21. The van der Waals surface area contributed by atoms with Gasteiger partial charge >= 0.3 is 0 Å². The normalized spacial score (nSPS) is 14.6. The number of methoxy groups -OCH3 is 1. The fourth-order valence-corrected chi connectivity index (χ4v) is 5.50. The first-order chi connectivity index (χ1) is 20.5. The second kappa shape index (κ2) is 12.2. The van der Waals surface area contributed by atoms with E-state index in [2.05, 4.69) is 35.9 Å². The topological polar surface area (TPSA) is 127 Å². The monoisotopic (exact) mass is 600 g/mol. The minimum atomic E-state index is 0.0867. The largest absolute Gasteiger partial charge is 0.480 e. The molecule has 2 aromatic carbocycles. The zero-order chi connectivity index (χ0) is 29.1. The highest BCUT2D eigenvalue weighted by molar-refractivity contribution is 6.39. The van der Waals surface area contributed by atoms with E-state index in [9.17, 15) is 4.79 Å². The Balaban J connectivity index is 1.26. The van der Waals surface area contributed by atoms with E-state index >= 15 is 0 Å². The van der Waals surface area contributed by atoms with E-state index in [1.54, 1.807) is 38.0 Å². The van der Waals surface area contributed by atoms with Crippen LogP contribution in [-0.4, -0.2) is 50.5 Å². The highest BCUT2D eigenvalue weighted by atomic mass is 35.5. The van der Waals surface area contributed by atoms with Gasteiger partial charge in [0.25, 0.3) is 0 Å². The molecule has 0 bridgehead atoms. The number of aromatic nitrogens is 5. The first kappa shape index (κ1) is 27.8. The predicted octanol–water partition coefficient (Wildman–Crippen LogP) is 5.58. The van der Waals surface area contributed by atoms with E-state index in [-0.39, 0.29) is 11.9 Å². The van der Waals surface area contributed by atoms with Crippen molar-refractivity contribution in [2.24, 2.45) is 0 Å². The molecule has 12 heteroatoms. The molecule has 212 valence electrons. The van der Waals surface area contributed by atoms with Crippen LogP contribution in [0, 0.1) is 0 Å². The standard InChI is InChI=1S/C30H26Cl2N8O2/c1-42-30-24(15-33-14-17-8-9-25(41)38-17)37-16-23(40-30)20-6-2-4-18(26(20)31)19-5-3-7-21(27(19)32)39-29-28-22(10-11-36-29)34-12-13-35-28/h2-7,10-13,16-17,33H,8-9,14-15H2,1H3,(H,36,39)(H,38,41). The van der Waals surface area contributed by atoms with Crippen molar-refractivity contribution in [1.29, 1.82) is 0 Å². The fraction of sp³-hybridized carbons (Fsp3) is 0.200. The summed E-state index contributed by atoms with van der Waals surface area (Å²) in [5.74, 6) is 1.03. The van der Waals surface area contributed by atoms with E-state index in [1.807, 2.05) is 36.4 Å². The summed E-state index contributed by atoms with van der Waals surface area (Å²) in [5.41, 5.74) is 5.39. The SMILES string of the molecule is COc1nc(-c2cccc(-c3cccc(Nc4nccc5nccnc45)c3Cl)c2Cl)cnc1CNCC1CCC(=O)N1. The average molecular weight is 601 g/mol. The van der Waals surface area contributed by atoms with Crippen LogP contribution in [-0.2, 0) is 11.3 Å². The number of anilines is 2. The molecule has 3 aromatic heterocycles. The molecule has 3 N–H and O–H groups in total. The van der Waals surface area contributed by atoms with Crippen molar-refractivity contribution in [2.45, 2.75) is 25.4 Å². The second-order valence-corrected chi connectivity index (χ2v) is 10.4. The van der Waals surface area contributed by atoms with Crippen molar-refractivity contribution in [1.82, 2.24) is 35.6 Å². The first-order valence-electron chi connectivity index (χ1n) is 13.3. The number of fused-ring (bicyclic) bond motifs is 1. The zero-order valence-electron chi connectivity index (χ0n) is 22.6. The summed E-state index contributed by atoms with van der Waals surface area (Å²) < 4.78 is 5.55. The van der Waals surface area contributed by atoms with E-state index in [1.165, 1.54) is 0 Å². The van der Waals surface area contributed by atoms with E-state index < -0.39 is 0 Å². The van der Waals surface area contributed by atoms with Crippen LogP contribution in [0.15, 0.2) is 67.3 Å². The van der Waals surface area contributed by atoms with Crippen LogP contribution in [0.4, 0.5) is 11.5 Å². The molecule has 1 aliphatic heterocycles. The third-order valence-corrected chi connectivity index (χ3v) is 7.79. The lowest BCUT2D eigenvalue weighted by Gasteiger charge is -2.15. The van der Waals surface area contributed by atoms with Gasteiger partial charge in [-0.3, -0.25) is 14.8 Å². The number of benzene rings is 2. The minimum absolute atomic E-state index is 0.0867. The Hall–Kier alpha value is -4.38. The van der Waals surface area contributed by atoms with Crippen molar-refractivity contribution in [3.8, 4) is 28.3 Å². The molecule has 0 spiro atoms. The molecule has 6 rings (SSSR count). The van der Waals surface area contributed by atoms with Crippen molar-refractivity contribution in [3.05, 3.63) is 83.0 Å². The third kappa shape index (κ3) is 5.69. The van der Waals surface area contributed by atoms with E-state index in [4.69, 9.17) is 32.9 Å². The number of rotatable bonds is 9. The summed E-state index contributed by atoms with van der Waals surface area (Å²) in [6.07, 6.45) is 7.99. The molecule has 1 atom stereocenters. The number of halogens is 2. The average Bonchev–Trinajstić information content (AvgIpc) is 3.43. The molecular weight excluding hydrogens is 575 g/mol. The molecule has 1 saturated heterocycles. The Bertz CT molecular complexity index is 1780. The lowest BCUT2D eigenvalue weighted by atomic mass is 10.0.